The quantitative estimate of drug-likeness (QED) is 0.909. The van der Waals surface area contributed by atoms with Crippen LogP contribution in [-0.4, -0.2) is 42.1 Å². The minimum absolute atomic E-state index is 0.110. The summed E-state index contributed by atoms with van der Waals surface area (Å²) in [6.45, 7) is 3.91. The second-order valence-corrected chi connectivity index (χ2v) is 5.64. The summed E-state index contributed by atoms with van der Waals surface area (Å²) in [5.41, 5.74) is 0. The van der Waals surface area contributed by atoms with Gasteiger partial charge in [-0.05, 0) is 26.0 Å². The maximum Gasteiger partial charge on any atom is 0.187 e. The van der Waals surface area contributed by atoms with Gasteiger partial charge in [0.1, 0.15) is 24.6 Å². The van der Waals surface area contributed by atoms with Gasteiger partial charge >= 0.3 is 0 Å². The van der Waals surface area contributed by atoms with Crippen LogP contribution >= 0.6 is 0 Å². The van der Waals surface area contributed by atoms with Crippen molar-refractivity contribution >= 4 is 0 Å². The molecule has 2 aliphatic rings. The Bertz CT molecular complexity index is 431. The van der Waals surface area contributed by atoms with Gasteiger partial charge in [0.05, 0.1) is 6.10 Å². The Kier molecular flexibility index (Phi) is 3.69. The van der Waals surface area contributed by atoms with E-state index in [0.29, 0.717) is 6.42 Å². The van der Waals surface area contributed by atoms with E-state index in [0.717, 1.165) is 5.75 Å². The summed E-state index contributed by atoms with van der Waals surface area (Å²) >= 11 is 0. The molecule has 5 nitrogen and oxygen atoms in total. The third kappa shape index (κ3) is 2.96. The Labute approximate surface area is 118 Å². The summed E-state index contributed by atoms with van der Waals surface area (Å²) in [7, 11) is 0. The van der Waals surface area contributed by atoms with Crippen LogP contribution in [0.15, 0.2) is 30.3 Å². The van der Waals surface area contributed by atoms with Gasteiger partial charge in [-0.15, -0.1) is 0 Å². The predicted octanol–water partition coefficient (Wildman–Crippen LogP) is 1.69. The number of hydrogen-bond donors (Lipinski definition) is 1. The number of ether oxygens (including phenoxy) is 4. The molecule has 0 bridgehead atoms. The predicted molar refractivity (Wildman–Crippen MR) is 71.3 cm³/mol. The lowest BCUT2D eigenvalue weighted by atomic mass is 10.1. The summed E-state index contributed by atoms with van der Waals surface area (Å²) in [6, 6.07) is 9.41. The zero-order valence-electron chi connectivity index (χ0n) is 11.7. The van der Waals surface area contributed by atoms with E-state index in [9.17, 15) is 5.11 Å². The maximum atomic E-state index is 10.1. The van der Waals surface area contributed by atoms with Gasteiger partial charge in [-0.2, -0.15) is 0 Å². The molecule has 0 radical (unpaired) electrons. The van der Waals surface area contributed by atoms with Gasteiger partial charge in [0.25, 0.3) is 0 Å². The molecule has 20 heavy (non-hydrogen) atoms. The topological polar surface area (TPSA) is 57.2 Å². The van der Waals surface area contributed by atoms with Crippen LogP contribution in [0.2, 0.25) is 0 Å². The molecule has 3 rings (SSSR count). The highest BCUT2D eigenvalue weighted by Crippen LogP contribution is 2.37. The summed E-state index contributed by atoms with van der Waals surface area (Å²) < 4.78 is 22.6. The third-order valence-electron chi connectivity index (χ3n) is 3.51. The Morgan fingerprint density at radius 3 is 2.75 bits per heavy atom. The van der Waals surface area contributed by atoms with Crippen LogP contribution in [0.5, 0.6) is 5.75 Å². The van der Waals surface area contributed by atoms with Gasteiger partial charge < -0.3 is 24.1 Å². The molecule has 0 amide bonds. The molecular weight excluding hydrogens is 260 g/mol. The van der Waals surface area contributed by atoms with Crippen molar-refractivity contribution in [3.8, 4) is 5.75 Å². The zero-order chi connectivity index (χ0) is 14.2. The van der Waals surface area contributed by atoms with Gasteiger partial charge in [-0.3, -0.25) is 0 Å². The van der Waals surface area contributed by atoms with Gasteiger partial charge in [0.2, 0.25) is 0 Å². The van der Waals surface area contributed by atoms with Gasteiger partial charge in [0.15, 0.2) is 12.1 Å². The molecular formula is C15H20O5. The minimum Gasteiger partial charge on any atom is -0.491 e. The molecule has 4 atom stereocenters. The molecule has 110 valence electrons. The summed E-state index contributed by atoms with van der Waals surface area (Å²) in [6.07, 6.45) is -0.892. The molecule has 0 unspecified atom stereocenters. The van der Waals surface area contributed by atoms with Gasteiger partial charge in [-0.1, -0.05) is 18.2 Å². The number of rotatable bonds is 4. The first-order valence-electron chi connectivity index (χ1n) is 6.90. The Morgan fingerprint density at radius 1 is 1.30 bits per heavy atom. The first-order chi connectivity index (χ1) is 9.53. The third-order valence-corrected chi connectivity index (χ3v) is 3.51. The first kappa shape index (κ1) is 13.8. The van der Waals surface area contributed by atoms with Gasteiger partial charge in [0, 0.05) is 6.42 Å². The van der Waals surface area contributed by atoms with Crippen molar-refractivity contribution in [1.29, 1.82) is 0 Å². The normalized spacial score (nSPS) is 32.9. The number of aliphatic hydroxyl groups excluding tert-OH is 1. The van der Waals surface area contributed by atoms with E-state index in [1.165, 1.54) is 0 Å². The van der Waals surface area contributed by atoms with Crippen molar-refractivity contribution in [3.63, 3.8) is 0 Å². The number of hydrogen-bond acceptors (Lipinski definition) is 5. The van der Waals surface area contributed by atoms with Crippen molar-refractivity contribution in [2.24, 2.45) is 0 Å². The molecule has 5 heteroatoms. The molecule has 2 saturated heterocycles. The second kappa shape index (κ2) is 5.33. The van der Waals surface area contributed by atoms with Crippen molar-refractivity contribution < 1.29 is 24.1 Å². The second-order valence-electron chi connectivity index (χ2n) is 5.64. The highest BCUT2D eigenvalue weighted by atomic mass is 16.8. The van der Waals surface area contributed by atoms with E-state index in [4.69, 9.17) is 18.9 Å². The SMILES string of the molecule is CC1(C)O[C@H]2O[C@H]([C@H](O)COc3ccccc3)C[C@H]2O1. The molecule has 1 N–H and O–H groups in total. The van der Waals surface area contributed by atoms with Crippen molar-refractivity contribution in [2.75, 3.05) is 6.61 Å². The first-order valence-corrected chi connectivity index (χ1v) is 6.90. The molecule has 2 fully saturated rings. The fourth-order valence-electron chi connectivity index (χ4n) is 2.59. The molecule has 0 spiro atoms. The van der Waals surface area contributed by atoms with Crippen LogP contribution in [0.25, 0.3) is 0 Å². The van der Waals surface area contributed by atoms with Crippen LogP contribution in [0.4, 0.5) is 0 Å². The monoisotopic (exact) mass is 280 g/mol. The van der Waals surface area contributed by atoms with E-state index < -0.39 is 11.9 Å². The molecule has 1 aromatic rings. The Morgan fingerprint density at radius 2 is 2.05 bits per heavy atom. The Balaban J connectivity index is 1.49. The lowest BCUT2D eigenvalue weighted by Crippen LogP contribution is -2.34. The smallest absolute Gasteiger partial charge is 0.187 e. The number of fused-ring (bicyclic) bond motifs is 1. The number of benzene rings is 1. The fourth-order valence-corrected chi connectivity index (χ4v) is 2.59. The molecule has 1 aromatic carbocycles. The molecule has 0 aromatic heterocycles. The lowest BCUT2D eigenvalue weighted by Gasteiger charge is -2.23. The van der Waals surface area contributed by atoms with E-state index in [-0.39, 0.29) is 25.1 Å². The molecule has 2 aliphatic heterocycles. The molecule has 0 saturated carbocycles. The highest BCUT2D eigenvalue weighted by molar-refractivity contribution is 5.20. The van der Waals surface area contributed by atoms with Gasteiger partial charge in [-0.25, -0.2) is 0 Å². The highest BCUT2D eigenvalue weighted by Gasteiger charge is 2.50. The summed E-state index contributed by atoms with van der Waals surface area (Å²) in [5.74, 6) is 0.129. The van der Waals surface area contributed by atoms with Crippen LogP contribution in [0, 0.1) is 0 Å². The maximum absolute atomic E-state index is 10.1. The van der Waals surface area contributed by atoms with Crippen molar-refractivity contribution in [1.82, 2.24) is 0 Å². The van der Waals surface area contributed by atoms with E-state index in [2.05, 4.69) is 0 Å². The average molecular weight is 280 g/mol. The average Bonchev–Trinajstić information content (AvgIpc) is 2.90. The standard InChI is InChI=1S/C15H20O5/c1-15(2)19-13-8-12(18-14(13)20-15)11(16)9-17-10-6-4-3-5-7-10/h3-7,11-14,16H,8-9H2,1-2H3/t11-,12+,13-,14-/m1/s1. The summed E-state index contributed by atoms with van der Waals surface area (Å²) in [5, 5.41) is 10.1. The van der Waals surface area contributed by atoms with Crippen LogP contribution in [0.3, 0.4) is 0 Å². The fraction of sp³-hybridized carbons (Fsp3) is 0.600. The number of aliphatic hydroxyl groups is 1. The van der Waals surface area contributed by atoms with Crippen LogP contribution < -0.4 is 4.74 Å². The van der Waals surface area contributed by atoms with Crippen LogP contribution in [-0.2, 0) is 14.2 Å². The zero-order valence-corrected chi connectivity index (χ0v) is 11.7. The summed E-state index contributed by atoms with van der Waals surface area (Å²) in [4.78, 5) is 0. The van der Waals surface area contributed by atoms with Crippen molar-refractivity contribution in [2.45, 2.75) is 50.7 Å². The van der Waals surface area contributed by atoms with Crippen LogP contribution in [0.1, 0.15) is 20.3 Å². The van der Waals surface area contributed by atoms with E-state index in [1.807, 2.05) is 44.2 Å². The molecule has 2 heterocycles. The van der Waals surface area contributed by atoms with Crippen molar-refractivity contribution in [3.05, 3.63) is 30.3 Å². The lowest BCUT2D eigenvalue weighted by molar-refractivity contribution is -0.215. The van der Waals surface area contributed by atoms with E-state index >= 15 is 0 Å². The Hall–Kier alpha value is -1.14. The van der Waals surface area contributed by atoms with E-state index in [1.54, 1.807) is 0 Å². The minimum atomic E-state index is -0.698. The molecule has 0 aliphatic carbocycles. The largest absolute Gasteiger partial charge is 0.491 e. The number of para-hydroxylation sites is 1.